The van der Waals surface area contributed by atoms with E-state index in [9.17, 15) is 0 Å². The van der Waals surface area contributed by atoms with Gasteiger partial charge in [0.1, 0.15) is 16.7 Å². The van der Waals surface area contributed by atoms with Crippen LogP contribution in [-0.2, 0) is 0 Å². The van der Waals surface area contributed by atoms with Gasteiger partial charge in [-0.25, -0.2) is 4.98 Å². The van der Waals surface area contributed by atoms with Crippen molar-refractivity contribution in [1.82, 2.24) is 4.98 Å². The van der Waals surface area contributed by atoms with E-state index in [0.29, 0.717) is 5.89 Å². The maximum absolute atomic E-state index is 6.76. The van der Waals surface area contributed by atoms with Crippen LogP contribution in [0.5, 0.6) is 0 Å². The minimum atomic E-state index is 0.574. The highest BCUT2D eigenvalue weighted by molar-refractivity contribution is 6.22. The Morgan fingerprint density at radius 2 is 0.825 bits per heavy atom. The van der Waals surface area contributed by atoms with E-state index >= 15 is 0 Å². The summed E-state index contributed by atoms with van der Waals surface area (Å²) < 4.78 is 12.9. The molecule has 9 aromatic carbocycles. The zero-order chi connectivity index (χ0) is 37.7. The first-order valence-corrected chi connectivity index (χ1v) is 19.2. The molecule has 0 aliphatic rings. The van der Waals surface area contributed by atoms with Gasteiger partial charge in [-0.05, 0) is 93.4 Å². The maximum Gasteiger partial charge on any atom is 0.227 e. The van der Waals surface area contributed by atoms with E-state index in [1.54, 1.807) is 0 Å². The minimum Gasteiger partial charge on any atom is -0.456 e. The van der Waals surface area contributed by atoms with E-state index in [2.05, 4.69) is 181 Å². The summed E-state index contributed by atoms with van der Waals surface area (Å²) in [6.07, 6.45) is 0. The predicted octanol–water partition coefficient (Wildman–Crippen LogP) is 15.0. The van der Waals surface area contributed by atoms with E-state index in [4.69, 9.17) is 13.8 Å². The molecule has 0 unspecified atom stereocenters. The van der Waals surface area contributed by atoms with Crippen LogP contribution in [0.4, 0.5) is 17.1 Å². The third-order valence-electron chi connectivity index (χ3n) is 10.9. The van der Waals surface area contributed by atoms with E-state index in [1.165, 1.54) is 27.8 Å². The Labute approximate surface area is 329 Å². The van der Waals surface area contributed by atoms with E-state index in [-0.39, 0.29) is 0 Å². The molecular formula is C53H34N2O2. The third-order valence-corrected chi connectivity index (χ3v) is 10.9. The summed E-state index contributed by atoms with van der Waals surface area (Å²) >= 11 is 0. The number of hydrogen-bond acceptors (Lipinski definition) is 4. The average molecular weight is 731 g/mol. The minimum absolute atomic E-state index is 0.574. The quantitative estimate of drug-likeness (QED) is 0.164. The summed E-state index contributed by atoms with van der Waals surface area (Å²) in [5, 5.41) is 4.39. The fourth-order valence-corrected chi connectivity index (χ4v) is 8.08. The van der Waals surface area contributed by atoms with Crippen LogP contribution >= 0.6 is 0 Å². The number of furan rings is 1. The molecule has 0 bridgehead atoms. The van der Waals surface area contributed by atoms with Crippen molar-refractivity contribution < 1.29 is 8.83 Å². The zero-order valence-corrected chi connectivity index (χ0v) is 30.8. The molecule has 4 heteroatoms. The smallest absolute Gasteiger partial charge is 0.227 e. The largest absolute Gasteiger partial charge is 0.456 e. The Morgan fingerprint density at radius 1 is 0.333 bits per heavy atom. The summed E-state index contributed by atoms with van der Waals surface area (Å²) in [5.41, 5.74) is 14.3. The number of benzene rings is 9. The molecule has 0 spiro atoms. The average Bonchev–Trinajstić information content (AvgIpc) is 3.89. The Bertz CT molecular complexity index is 3170. The van der Waals surface area contributed by atoms with Crippen LogP contribution in [0, 0.1) is 0 Å². The van der Waals surface area contributed by atoms with Gasteiger partial charge in [0.05, 0.1) is 5.69 Å². The maximum atomic E-state index is 6.76. The molecule has 0 fully saturated rings. The van der Waals surface area contributed by atoms with Crippen LogP contribution in [0.2, 0.25) is 0 Å². The lowest BCUT2D eigenvalue weighted by Gasteiger charge is -2.27. The molecule has 0 amide bonds. The van der Waals surface area contributed by atoms with Crippen molar-refractivity contribution in [2.75, 3.05) is 4.90 Å². The van der Waals surface area contributed by atoms with Crippen LogP contribution in [-0.4, -0.2) is 4.98 Å². The highest BCUT2D eigenvalue weighted by Gasteiger charge is 2.21. The Morgan fingerprint density at radius 3 is 1.42 bits per heavy atom. The fourth-order valence-electron chi connectivity index (χ4n) is 8.08. The monoisotopic (exact) mass is 730 g/mol. The standard InChI is InChI=1S/C53H34N2O2/c1-3-11-35(12-4-1)37-19-21-38(22-20-37)40-25-30-43(31-26-40)55(42-28-23-39(24-29-42)36-13-5-2-6-14-36)48-34-51-52(45-16-8-7-15-44(45)48)46-32-27-41(33-50(46)56-51)53-54-47-17-9-10-18-49(47)57-53/h1-34H. The molecule has 0 aliphatic heterocycles. The van der Waals surface area contributed by atoms with E-state index in [0.717, 1.165) is 72.0 Å². The van der Waals surface area contributed by atoms with Gasteiger partial charge >= 0.3 is 0 Å². The van der Waals surface area contributed by atoms with Crippen LogP contribution < -0.4 is 4.90 Å². The first-order valence-electron chi connectivity index (χ1n) is 19.2. The molecule has 2 aromatic heterocycles. The van der Waals surface area contributed by atoms with Crippen molar-refractivity contribution in [3.63, 3.8) is 0 Å². The van der Waals surface area contributed by atoms with Gasteiger partial charge in [-0.1, -0.05) is 146 Å². The SMILES string of the molecule is c1ccc(-c2ccc(-c3ccc(N(c4ccc(-c5ccccc5)cc4)c4cc5oc6cc(-c7nc8ccccc8o7)ccc6c5c5ccccc45)cc3)cc2)cc1. The zero-order valence-electron chi connectivity index (χ0n) is 30.8. The Balaban J connectivity index is 1.04. The van der Waals surface area contributed by atoms with E-state index in [1.807, 2.05) is 30.3 Å². The summed E-state index contributed by atoms with van der Waals surface area (Å²) in [4.78, 5) is 7.09. The molecule has 0 N–H and O–H groups in total. The van der Waals surface area contributed by atoms with Gasteiger partial charge in [0.25, 0.3) is 0 Å². The summed E-state index contributed by atoms with van der Waals surface area (Å²) in [6.45, 7) is 0. The molecule has 0 saturated carbocycles. The molecule has 0 saturated heterocycles. The predicted molar refractivity (Wildman–Crippen MR) is 235 cm³/mol. The molecule has 0 atom stereocenters. The van der Waals surface area contributed by atoms with Gasteiger partial charge in [0.2, 0.25) is 5.89 Å². The second-order valence-electron chi connectivity index (χ2n) is 14.4. The normalized spacial score (nSPS) is 11.5. The highest BCUT2D eigenvalue weighted by Crippen LogP contribution is 2.45. The summed E-state index contributed by atoms with van der Waals surface area (Å²) in [6, 6.07) is 72.4. The molecule has 4 nitrogen and oxygen atoms in total. The lowest BCUT2D eigenvalue weighted by molar-refractivity contribution is 0.619. The molecule has 2 heterocycles. The molecule has 0 radical (unpaired) electrons. The van der Waals surface area contributed by atoms with Gasteiger partial charge in [0.15, 0.2) is 5.58 Å². The van der Waals surface area contributed by atoms with Crippen molar-refractivity contribution >= 4 is 60.9 Å². The molecule has 11 aromatic rings. The van der Waals surface area contributed by atoms with Gasteiger partial charge in [-0.3, -0.25) is 0 Å². The number of aromatic nitrogens is 1. The van der Waals surface area contributed by atoms with Gasteiger partial charge in [-0.2, -0.15) is 0 Å². The lowest BCUT2D eigenvalue weighted by atomic mass is 9.99. The molecule has 268 valence electrons. The van der Waals surface area contributed by atoms with Crippen molar-refractivity contribution in [2.24, 2.45) is 0 Å². The second kappa shape index (κ2) is 13.6. The topological polar surface area (TPSA) is 42.4 Å². The number of rotatable bonds is 7. The number of fused-ring (bicyclic) bond motifs is 6. The van der Waals surface area contributed by atoms with Gasteiger partial charge < -0.3 is 13.7 Å². The van der Waals surface area contributed by atoms with Crippen molar-refractivity contribution in [3.05, 3.63) is 206 Å². The van der Waals surface area contributed by atoms with Crippen molar-refractivity contribution in [1.29, 1.82) is 0 Å². The van der Waals surface area contributed by atoms with Crippen LogP contribution in [0.3, 0.4) is 0 Å². The van der Waals surface area contributed by atoms with Crippen molar-refractivity contribution in [3.8, 4) is 44.8 Å². The van der Waals surface area contributed by atoms with Crippen LogP contribution in [0.1, 0.15) is 0 Å². The Kier molecular flexibility index (Phi) is 7.78. The second-order valence-corrected chi connectivity index (χ2v) is 14.4. The number of nitrogens with zero attached hydrogens (tertiary/aromatic N) is 2. The number of hydrogen-bond donors (Lipinski definition) is 0. The van der Waals surface area contributed by atoms with Crippen molar-refractivity contribution in [2.45, 2.75) is 0 Å². The van der Waals surface area contributed by atoms with Gasteiger partial charge in [0, 0.05) is 39.2 Å². The Hall–Kier alpha value is -7.69. The summed E-state index contributed by atoms with van der Waals surface area (Å²) in [5.74, 6) is 0.574. The summed E-state index contributed by atoms with van der Waals surface area (Å²) in [7, 11) is 0. The molecular weight excluding hydrogens is 697 g/mol. The van der Waals surface area contributed by atoms with Crippen LogP contribution in [0.15, 0.2) is 215 Å². The highest BCUT2D eigenvalue weighted by atomic mass is 16.3. The third kappa shape index (κ3) is 5.83. The molecule has 11 rings (SSSR count). The lowest BCUT2D eigenvalue weighted by Crippen LogP contribution is -2.10. The first-order chi connectivity index (χ1) is 28.2. The fraction of sp³-hybridized carbons (Fsp3) is 0. The molecule has 0 aliphatic carbocycles. The van der Waals surface area contributed by atoms with Crippen LogP contribution in [0.25, 0.3) is 88.6 Å². The number of anilines is 3. The molecule has 57 heavy (non-hydrogen) atoms. The number of para-hydroxylation sites is 2. The van der Waals surface area contributed by atoms with Gasteiger partial charge in [-0.15, -0.1) is 0 Å². The first kappa shape index (κ1) is 32.7. The van der Waals surface area contributed by atoms with E-state index < -0.39 is 0 Å². The number of oxazole rings is 1.